The summed E-state index contributed by atoms with van der Waals surface area (Å²) in [7, 11) is 2.71. The highest BCUT2D eigenvalue weighted by molar-refractivity contribution is 5.91. The molecule has 2 aromatic carbocycles. The number of methoxy groups -OCH3 is 2. The molecule has 2 aliphatic rings. The molecule has 240 valence electrons. The highest BCUT2D eigenvalue weighted by Crippen LogP contribution is 2.43. The monoisotopic (exact) mass is 622 g/mol. The summed E-state index contributed by atoms with van der Waals surface area (Å²) in [6.45, 7) is 0.950. The van der Waals surface area contributed by atoms with E-state index < -0.39 is 79.2 Å². The van der Waals surface area contributed by atoms with Crippen molar-refractivity contribution in [3.8, 4) is 34.1 Å². The van der Waals surface area contributed by atoms with Crippen LogP contribution in [-0.2, 0) is 14.2 Å². The lowest BCUT2D eigenvalue weighted by atomic mass is 9.98. The molecule has 3 aromatic rings. The van der Waals surface area contributed by atoms with Crippen molar-refractivity contribution in [3.63, 3.8) is 0 Å². The van der Waals surface area contributed by atoms with Gasteiger partial charge in [0, 0.05) is 6.07 Å². The average Bonchev–Trinajstić information content (AvgIpc) is 3.02. The predicted molar refractivity (Wildman–Crippen MR) is 148 cm³/mol. The number of benzene rings is 2. The molecule has 2 saturated heterocycles. The zero-order chi connectivity index (χ0) is 31.9. The van der Waals surface area contributed by atoms with Gasteiger partial charge in [-0.1, -0.05) is 12.1 Å². The molecule has 1 aromatic heterocycles. The number of hydrogen-bond acceptors (Lipinski definition) is 15. The molecule has 7 N–H and O–H groups in total. The minimum atomic E-state index is -1.80. The zero-order valence-corrected chi connectivity index (χ0v) is 23.8. The summed E-state index contributed by atoms with van der Waals surface area (Å²) in [6.07, 6.45) is -13.9. The van der Waals surface area contributed by atoms with E-state index in [-0.39, 0.29) is 28.0 Å². The first kappa shape index (κ1) is 31.9. The molecule has 44 heavy (non-hydrogen) atoms. The number of hydrogen-bond donors (Lipinski definition) is 7. The lowest BCUT2D eigenvalue weighted by Gasteiger charge is -2.42. The second-order valence-corrected chi connectivity index (χ2v) is 10.5. The molecular formula is C29H34O15. The molecule has 15 heteroatoms. The SMILES string of the molecule is COc1ccc(-c2coc3cc(O[C@@H]4O[C@@H](CO[C@H]5O[C@@H](C)[C@H](O)[C@@H](O)[C@@H]5O)[C@H](O)[C@H](O)[C@H]4O)c(OC)c(O)c3c2=O)cc1. The maximum absolute atomic E-state index is 13.4. The third-order valence-electron chi connectivity index (χ3n) is 7.71. The topological polar surface area (TPSA) is 227 Å². The normalized spacial score (nSPS) is 32.4. The van der Waals surface area contributed by atoms with Crippen LogP contribution >= 0.6 is 0 Å². The second kappa shape index (κ2) is 12.8. The third-order valence-corrected chi connectivity index (χ3v) is 7.71. The minimum Gasteiger partial charge on any atom is -0.504 e. The molecule has 0 amide bonds. The molecule has 0 radical (unpaired) electrons. The Morgan fingerprint density at radius 1 is 0.818 bits per heavy atom. The Morgan fingerprint density at radius 2 is 1.48 bits per heavy atom. The maximum Gasteiger partial charge on any atom is 0.229 e. The fourth-order valence-corrected chi connectivity index (χ4v) is 5.10. The van der Waals surface area contributed by atoms with Crippen LogP contribution in [0.5, 0.6) is 23.0 Å². The van der Waals surface area contributed by atoms with Gasteiger partial charge in [0.05, 0.1) is 32.5 Å². The molecule has 3 heterocycles. The second-order valence-electron chi connectivity index (χ2n) is 10.5. The quantitative estimate of drug-likeness (QED) is 0.163. The Labute approximate surface area is 249 Å². The van der Waals surface area contributed by atoms with Crippen LogP contribution in [0.3, 0.4) is 0 Å². The maximum atomic E-state index is 13.4. The van der Waals surface area contributed by atoms with Crippen LogP contribution in [-0.4, -0.2) is 118 Å². The standard InChI is InChI=1S/C29H34O15/c1-11-19(30)23(34)25(36)28(42-11)41-10-17-21(32)24(35)26(37)29(44-17)43-16-8-15-18(22(33)27(16)39-3)20(31)14(9-40-15)12-4-6-13(38-2)7-5-12/h4-9,11,17,19,21,23-26,28-30,32-37H,10H2,1-3H3/t11-,17-,19-,21-,23+,24-,25-,26+,28-,29+/m0/s1. The van der Waals surface area contributed by atoms with Crippen LogP contribution in [0.4, 0.5) is 0 Å². The lowest BCUT2D eigenvalue weighted by Crippen LogP contribution is -2.61. The van der Waals surface area contributed by atoms with Gasteiger partial charge in [-0.2, -0.15) is 0 Å². The van der Waals surface area contributed by atoms with E-state index in [0.29, 0.717) is 11.3 Å². The summed E-state index contributed by atoms with van der Waals surface area (Å²) >= 11 is 0. The number of phenolic OH excluding ortho intramolecular Hbond substituents is 1. The van der Waals surface area contributed by atoms with Crippen molar-refractivity contribution >= 4 is 11.0 Å². The Morgan fingerprint density at radius 3 is 2.14 bits per heavy atom. The summed E-state index contributed by atoms with van der Waals surface area (Å²) in [6, 6.07) is 7.85. The first-order valence-corrected chi connectivity index (χ1v) is 13.6. The molecule has 5 rings (SSSR count). The van der Waals surface area contributed by atoms with Gasteiger partial charge in [0.15, 0.2) is 17.8 Å². The smallest absolute Gasteiger partial charge is 0.229 e. The number of fused-ring (bicyclic) bond motifs is 1. The number of phenols is 1. The van der Waals surface area contributed by atoms with E-state index in [1.165, 1.54) is 33.5 Å². The van der Waals surface area contributed by atoms with Crippen molar-refractivity contribution in [1.29, 1.82) is 0 Å². The summed E-state index contributed by atoms with van der Waals surface area (Å²) < 4.78 is 38.4. The van der Waals surface area contributed by atoms with E-state index in [2.05, 4.69) is 0 Å². The van der Waals surface area contributed by atoms with Crippen molar-refractivity contribution in [3.05, 3.63) is 46.8 Å². The first-order valence-electron chi connectivity index (χ1n) is 13.6. The highest BCUT2D eigenvalue weighted by Gasteiger charge is 2.47. The summed E-state index contributed by atoms with van der Waals surface area (Å²) in [5.74, 6) is -0.576. The van der Waals surface area contributed by atoms with Gasteiger partial charge in [-0.15, -0.1) is 0 Å². The molecule has 0 aliphatic carbocycles. The average molecular weight is 623 g/mol. The van der Waals surface area contributed by atoms with Gasteiger partial charge in [-0.25, -0.2) is 0 Å². The van der Waals surface area contributed by atoms with Crippen LogP contribution in [0.15, 0.2) is 45.8 Å². The van der Waals surface area contributed by atoms with Gasteiger partial charge in [0.2, 0.25) is 17.5 Å². The van der Waals surface area contributed by atoms with E-state index in [0.717, 1.165) is 0 Å². The van der Waals surface area contributed by atoms with Gasteiger partial charge in [0.1, 0.15) is 65.7 Å². The number of aliphatic hydroxyl groups is 6. The molecule has 2 aliphatic heterocycles. The van der Waals surface area contributed by atoms with Crippen LogP contribution < -0.4 is 19.6 Å². The lowest BCUT2D eigenvalue weighted by molar-refractivity contribution is -0.318. The first-order chi connectivity index (χ1) is 21.0. The fraction of sp³-hybridized carbons (Fsp3) is 0.483. The van der Waals surface area contributed by atoms with Crippen molar-refractivity contribution < 1.29 is 68.6 Å². The molecular weight excluding hydrogens is 588 g/mol. The summed E-state index contributed by atoms with van der Waals surface area (Å²) in [5, 5.41) is 72.6. The number of ether oxygens (including phenoxy) is 6. The minimum absolute atomic E-state index is 0.0929. The van der Waals surface area contributed by atoms with Crippen molar-refractivity contribution in [2.45, 2.75) is 68.3 Å². The zero-order valence-electron chi connectivity index (χ0n) is 23.8. The van der Waals surface area contributed by atoms with Gasteiger partial charge < -0.3 is 68.6 Å². The molecule has 15 nitrogen and oxygen atoms in total. The van der Waals surface area contributed by atoms with Gasteiger partial charge >= 0.3 is 0 Å². The number of aromatic hydroxyl groups is 1. The largest absolute Gasteiger partial charge is 0.504 e. The molecule has 10 atom stereocenters. The van der Waals surface area contributed by atoms with Crippen molar-refractivity contribution in [1.82, 2.24) is 0 Å². The Hall–Kier alpha value is -3.51. The van der Waals surface area contributed by atoms with Crippen molar-refractivity contribution in [2.24, 2.45) is 0 Å². The summed E-state index contributed by atoms with van der Waals surface area (Å²) in [5.41, 5.74) is -0.00112. The van der Waals surface area contributed by atoms with E-state index in [9.17, 15) is 40.5 Å². The van der Waals surface area contributed by atoms with Gasteiger partial charge in [-0.05, 0) is 24.6 Å². The van der Waals surface area contributed by atoms with Crippen LogP contribution in [0.1, 0.15) is 6.92 Å². The Kier molecular flexibility index (Phi) is 9.31. The summed E-state index contributed by atoms with van der Waals surface area (Å²) in [4.78, 5) is 13.4. The van der Waals surface area contributed by atoms with E-state index in [1.54, 1.807) is 24.3 Å². The molecule has 0 bridgehead atoms. The van der Waals surface area contributed by atoms with Crippen LogP contribution in [0, 0.1) is 0 Å². The Balaban J connectivity index is 1.39. The molecule has 0 unspecified atom stereocenters. The number of rotatable bonds is 8. The van der Waals surface area contributed by atoms with Gasteiger partial charge in [-0.3, -0.25) is 4.79 Å². The van der Waals surface area contributed by atoms with E-state index in [4.69, 9.17) is 32.8 Å². The Bertz CT molecular complexity index is 1510. The van der Waals surface area contributed by atoms with Crippen LogP contribution in [0.2, 0.25) is 0 Å². The molecule has 2 fully saturated rings. The van der Waals surface area contributed by atoms with Crippen molar-refractivity contribution in [2.75, 3.05) is 20.8 Å². The third kappa shape index (κ3) is 5.81. The molecule has 0 spiro atoms. The van der Waals surface area contributed by atoms with Crippen LogP contribution in [0.25, 0.3) is 22.1 Å². The van der Waals surface area contributed by atoms with E-state index in [1.807, 2.05) is 0 Å². The van der Waals surface area contributed by atoms with Gasteiger partial charge in [0.25, 0.3) is 0 Å². The highest BCUT2D eigenvalue weighted by atomic mass is 16.7. The predicted octanol–water partition coefficient (Wildman–Crippen LogP) is -0.787. The fourth-order valence-electron chi connectivity index (χ4n) is 5.10. The van der Waals surface area contributed by atoms with E-state index >= 15 is 0 Å². The number of aliphatic hydroxyl groups excluding tert-OH is 6. The molecule has 0 saturated carbocycles.